The first-order chi connectivity index (χ1) is 8.33. The minimum atomic E-state index is 0.0742. The minimum Gasteiger partial charge on any atom is -0.353 e. The van der Waals surface area contributed by atoms with Gasteiger partial charge in [0, 0.05) is 12.2 Å². The highest BCUT2D eigenvalue weighted by Gasteiger charge is 2.23. The maximum absolute atomic E-state index is 11.5. The number of carbonyl (C=O) groups is 1. The number of nitrogens with zero attached hydrogens (tertiary/aromatic N) is 3. The molecule has 1 saturated carbocycles. The lowest BCUT2D eigenvalue weighted by molar-refractivity contribution is -0.118. The van der Waals surface area contributed by atoms with Crippen molar-refractivity contribution >= 4 is 23.3 Å². The van der Waals surface area contributed by atoms with E-state index in [1.165, 1.54) is 11.8 Å². The second kappa shape index (κ2) is 4.37. The lowest BCUT2D eigenvalue weighted by Gasteiger charge is -2.01. The Bertz CT molecular complexity index is 549. The van der Waals surface area contributed by atoms with Crippen molar-refractivity contribution in [2.75, 3.05) is 5.75 Å². The molecule has 0 aromatic carbocycles. The lowest BCUT2D eigenvalue weighted by atomic mass is 10.5. The number of nitrogens with one attached hydrogen (secondary N) is 1. The third-order valence-corrected chi connectivity index (χ3v) is 3.50. The van der Waals surface area contributed by atoms with Crippen LogP contribution in [0.1, 0.15) is 12.8 Å². The zero-order valence-electron chi connectivity index (χ0n) is 9.17. The summed E-state index contributed by atoms with van der Waals surface area (Å²) in [5.74, 6) is 0.469. The van der Waals surface area contributed by atoms with Gasteiger partial charge in [-0.1, -0.05) is 17.8 Å². The van der Waals surface area contributed by atoms with Crippen LogP contribution in [0.2, 0.25) is 0 Å². The number of carbonyl (C=O) groups excluding carboxylic acids is 1. The van der Waals surface area contributed by atoms with Gasteiger partial charge in [0.2, 0.25) is 5.91 Å². The molecule has 5 nitrogen and oxygen atoms in total. The fourth-order valence-corrected chi connectivity index (χ4v) is 2.28. The first-order valence-corrected chi connectivity index (χ1v) is 6.53. The lowest BCUT2D eigenvalue weighted by Crippen LogP contribution is -2.27. The molecule has 1 aliphatic carbocycles. The number of amides is 1. The molecule has 0 aliphatic heterocycles. The Kier molecular flexibility index (Phi) is 2.72. The van der Waals surface area contributed by atoms with Crippen LogP contribution in [0.3, 0.4) is 0 Å². The van der Waals surface area contributed by atoms with Gasteiger partial charge in [-0.3, -0.25) is 9.20 Å². The van der Waals surface area contributed by atoms with Crippen LogP contribution in [0.25, 0.3) is 5.65 Å². The zero-order valence-corrected chi connectivity index (χ0v) is 9.98. The number of hydrogen-bond donors (Lipinski definition) is 1. The Morgan fingerprint density at radius 2 is 2.35 bits per heavy atom. The van der Waals surface area contributed by atoms with E-state index < -0.39 is 0 Å². The molecule has 2 heterocycles. The van der Waals surface area contributed by atoms with E-state index in [-0.39, 0.29) is 5.91 Å². The third-order valence-electron chi connectivity index (χ3n) is 2.56. The van der Waals surface area contributed by atoms with Crippen molar-refractivity contribution in [2.45, 2.75) is 24.0 Å². The summed E-state index contributed by atoms with van der Waals surface area (Å²) < 4.78 is 1.88. The molecule has 1 aliphatic rings. The molecule has 2 aromatic heterocycles. The summed E-state index contributed by atoms with van der Waals surface area (Å²) in [5, 5.41) is 11.8. The van der Waals surface area contributed by atoms with E-state index >= 15 is 0 Å². The molecule has 1 fully saturated rings. The maximum Gasteiger partial charge on any atom is 0.230 e. The topological polar surface area (TPSA) is 59.3 Å². The molecule has 6 heteroatoms. The standard InChI is InChI=1S/C11H12N4OS/c16-10(12-8-4-5-8)7-17-11-14-13-9-3-1-2-6-15(9)11/h1-3,6,8H,4-5,7H2,(H,12,16). The van der Waals surface area contributed by atoms with Crippen molar-refractivity contribution in [2.24, 2.45) is 0 Å². The Hall–Kier alpha value is -1.56. The molecule has 3 rings (SSSR count). The van der Waals surface area contributed by atoms with Crippen LogP contribution in [0.4, 0.5) is 0 Å². The quantitative estimate of drug-likeness (QED) is 0.823. The maximum atomic E-state index is 11.5. The first-order valence-electron chi connectivity index (χ1n) is 5.55. The number of rotatable bonds is 4. The van der Waals surface area contributed by atoms with Gasteiger partial charge in [0.05, 0.1) is 5.75 Å². The Labute approximate surface area is 103 Å². The molecule has 1 N–H and O–H groups in total. The summed E-state index contributed by atoms with van der Waals surface area (Å²) in [6.07, 6.45) is 4.13. The summed E-state index contributed by atoms with van der Waals surface area (Å²) in [4.78, 5) is 11.5. The zero-order chi connectivity index (χ0) is 11.7. The van der Waals surface area contributed by atoms with Gasteiger partial charge in [-0.05, 0) is 25.0 Å². The Balaban J connectivity index is 1.65. The third kappa shape index (κ3) is 2.41. The van der Waals surface area contributed by atoms with E-state index in [9.17, 15) is 4.79 Å². The Morgan fingerprint density at radius 1 is 1.47 bits per heavy atom. The van der Waals surface area contributed by atoms with Gasteiger partial charge in [0.15, 0.2) is 10.8 Å². The Morgan fingerprint density at radius 3 is 3.18 bits per heavy atom. The van der Waals surface area contributed by atoms with Crippen molar-refractivity contribution in [3.05, 3.63) is 24.4 Å². The summed E-state index contributed by atoms with van der Waals surface area (Å²) in [5.41, 5.74) is 0.803. The molecule has 0 spiro atoms. The fourth-order valence-electron chi connectivity index (χ4n) is 1.55. The molecule has 0 bridgehead atoms. The molecule has 0 saturated heterocycles. The van der Waals surface area contributed by atoms with Crippen molar-refractivity contribution < 1.29 is 4.79 Å². The average Bonchev–Trinajstić information content (AvgIpc) is 3.06. The van der Waals surface area contributed by atoms with Crippen molar-refractivity contribution in [3.63, 3.8) is 0 Å². The van der Waals surface area contributed by atoms with Crippen LogP contribution >= 0.6 is 11.8 Å². The number of hydrogen-bond acceptors (Lipinski definition) is 4. The van der Waals surface area contributed by atoms with Crippen molar-refractivity contribution in [1.29, 1.82) is 0 Å². The van der Waals surface area contributed by atoms with Crippen LogP contribution < -0.4 is 5.32 Å². The first kappa shape index (κ1) is 10.6. The number of aromatic nitrogens is 3. The van der Waals surface area contributed by atoms with Crippen LogP contribution in [0.15, 0.2) is 29.6 Å². The normalized spacial score (nSPS) is 15.1. The van der Waals surface area contributed by atoms with Gasteiger partial charge in [0.25, 0.3) is 0 Å². The van der Waals surface area contributed by atoms with Crippen LogP contribution in [-0.4, -0.2) is 32.3 Å². The molecule has 0 radical (unpaired) electrons. The second-order valence-electron chi connectivity index (χ2n) is 4.04. The summed E-state index contributed by atoms with van der Waals surface area (Å²) in [6.45, 7) is 0. The van der Waals surface area contributed by atoms with Crippen molar-refractivity contribution in [3.8, 4) is 0 Å². The summed E-state index contributed by atoms with van der Waals surface area (Å²) >= 11 is 1.41. The van der Waals surface area contributed by atoms with Gasteiger partial charge in [-0.15, -0.1) is 10.2 Å². The largest absolute Gasteiger partial charge is 0.353 e. The molecule has 17 heavy (non-hydrogen) atoms. The molecule has 0 unspecified atom stereocenters. The highest BCUT2D eigenvalue weighted by molar-refractivity contribution is 7.99. The van der Waals surface area contributed by atoms with Gasteiger partial charge in [-0.2, -0.15) is 0 Å². The van der Waals surface area contributed by atoms with E-state index in [0.717, 1.165) is 23.6 Å². The number of fused-ring (bicyclic) bond motifs is 1. The SMILES string of the molecule is O=C(CSc1nnc2ccccn12)NC1CC1. The molecule has 0 atom stereocenters. The molecule has 1 amide bonds. The summed E-state index contributed by atoms with van der Waals surface area (Å²) in [7, 11) is 0. The predicted molar refractivity (Wildman–Crippen MR) is 64.9 cm³/mol. The van der Waals surface area contributed by atoms with E-state index in [1.54, 1.807) is 0 Å². The number of pyridine rings is 1. The van der Waals surface area contributed by atoms with Crippen LogP contribution in [0, 0.1) is 0 Å². The molecule has 88 valence electrons. The van der Waals surface area contributed by atoms with E-state index in [0.29, 0.717) is 11.8 Å². The van der Waals surface area contributed by atoms with Gasteiger partial charge in [0.1, 0.15) is 0 Å². The average molecular weight is 248 g/mol. The smallest absolute Gasteiger partial charge is 0.230 e. The minimum absolute atomic E-state index is 0.0742. The van der Waals surface area contributed by atoms with Gasteiger partial charge < -0.3 is 5.32 Å². The van der Waals surface area contributed by atoms with E-state index in [4.69, 9.17) is 0 Å². The van der Waals surface area contributed by atoms with Crippen LogP contribution in [0.5, 0.6) is 0 Å². The van der Waals surface area contributed by atoms with E-state index in [2.05, 4.69) is 15.5 Å². The van der Waals surface area contributed by atoms with Crippen LogP contribution in [-0.2, 0) is 4.79 Å². The van der Waals surface area contributed by atoms with Gasteiger partial charge in [-0.25, -0.2) is 0 Å². The van der Waals surface area contributed by atoms with Gasteiger partial charge >= 0.3 is 0 Å². The number of thioether (sulfide) groups is 1. The predicted octanol–water partition coefficient (Wildman–Crippen LogP) is 1.10. The summed E-state index contributed by atoms with van der Waals surface area (Å²) in [6, 6.07) is 6.14. The monoisotopic (exact) mass is 248 g/mol. The molecular weight excluding hydrogens is 236 g/mol. The van der Waals surface area contributed by atoms with E-state index in [1.807, 2.05) is 28.8 Å². The highest BCUT2D eigenvalue weighted by atomic mass is 32.2. The fraction of sp³-hybridized carbons (Fsp3) is 0.364. The second-order valence-corrected chi connectivity index (χ2v) is 4.98. The van der Waals surface area contributed by atoms with Crippen molar-refractivity contribution in [1.82, 2.24) is 19.9 Å². The highest BCUT2D eigenvalue weighted by Crippen LogP contribution is 2.20. The molecule has 2 aromatic rings. The molecular formula is C11H12N4OS.